The Morgan fingerprint density at radius 2 is 0.742 bits per heavy atom. The molecule has 0 aromatic carbocycles. The van der Waals surface area contributed by atoms with Gasteiger partial charge in [-0.2, -0.15) is 0 Å². The summed E-state index contributed by atoms with van der Waals surface area (Å²) in [5, 5.41) is 0. The average molecular weight is 440 g/mol. The van der Waals surface area contributed by atoms with Crippen molar-refractivity contribution < 1.29 is 9.53 Å². The van der Waals surface area contributed by atoms with Crippen LogP contribution in [0.2, 0.25) is 0 Å². The molecule has 0 radical (unpaired) electrons. The van der Waals surface area contributed by atoms with Crippen molar-refractivity contribution in [1.82, 2.24) is 4.90 Å². The Labute approximate surface area is 196 Å². The molecule has 0 saturated heterocycles. The maximum Gasteiger partial charge on any atom is 0.409 e. The summed E-state index contributed by atoms with van der Waals surface area (Å²) in [6, 6.07) is 0. The second-order valence-electron chi connectivity index (χ2n) is 9.79. The van der Waals surface area contributed by atoms with Gasteiger partial charge in [0.15, 0.2) is 0 Å². The zero-order valence-electron chi connectivity index (χ0n) is 21.7. The highest BCUT2D eigenvalue weighted by atomic mass is 16.6. The Balaban J connectivity index is 3.04. The summed E-state index contributed by atoms with van der Waals surface area (Å²) in [6.45, 7) is 2.86. The van der Waals surface area contributed by atoms with Crippen LogP contribution in [0, 0.1) is 0 Å². The highest BCUT2D eigenvalue weighted by Crippen LogP contribution is 2.15. The molecule has 0 aliphatic carbocycles. The lowest BCUT2D eigenvalue weighted by Crippen LogP contribution is -2.23. The molecular formula is C28H57NO2. The van der Waals surface area contributed by atoms with E-state index in [4.69, 9.17) is 4.74 Å². The number of rotatable bonds is 24. The summed E-state index contributed by atoms with van der Waals surface area (Å²) in [5.74, 6) is 0. The van der Waals surface area contributed by atoms with Crippen LogP contribution in [-0.2, 0) is 4.74 Å². The standard InChI is InChI=1S/C28H57NO2/c1-4-5-6-7-8-9-10-11-12-13-14-15-16-17-18-19-20-21-22-23-24-25-26-27-31-28(30)29(2)3/h4-27H2,1-3H3. The van der Waals surface area contributed by atoms with E-state index < -0.39 is 0 Å². The van der Waals surface area contributed by atoms with Crippen LogP contribution in [-0.4, -0.2) is 31.7 Å². The maximum atomic E-state index is 11.3. The number of nitrogens with zero attached hydrogens (tertiary/aromatic N) is 1. The van der Waals surface area contributed by atoms with Gasteiger partial charge in [-0.15, -0.1) is 0 Å². The summed E-state index contributed by atoms with van der Waals surface area (Å²) in [4.78, 5) is 12.8. The smallest absolute Gasteiger partial charge is 0.409 e. The lowest BCUT2D eigenvalue weighted by molar-refractivity contribution is 0.116. The normalized spacial score (nSPS) is 11.1. The van der Waals surface area contributed by atoms with Gasteiger partial charge in [-0.3, -0.25) is 0 Å². The van der Waals surface area contributed by atoms with Crippen molar-refractivity contribution in [3.05, 3.63) is 0 Å². The Kier molecular flexibility index (Phi) is 24.9. The van der Waals surface area contributed by atoms with Gasteiger partial charge in [0.1, 0.15) is 0 Å². The van der Waals surface area contributed by atoms with Gasteiger partial charge in [0.05, 0.1) is 6.61 Å². The number of ether oxygens (including phenoxy) is 1. The molecule has 0 aliphatic heterocycles. The molecule has 0 bridgehead atoms. The van der Waals surface area contributed by atoms with Gasteiger partial charge in [-0.1, -0.05) is 148 Å². The lowest BCUT2D eigenvalue weighted by Gasteiger charge is -2.10. The summed E-state index contributed by atoms with van der Waals surface area (Å²) < 4.78 is 5.14. The minimum Gasteiger partial charge on any atom is -0.449 e. The molecule has 0 aromatic heterocycles. The van der Waals surface area contributed by atoms with E-state index in [0.29, 0.717) is 6.61 Å². The fourth-order valence-corrected chi connectivity index (χ4v) is 4.18. The molecule has 0 heterocycles. The van der Waals surface area contributed by atoms with Crippen LogP contribution in [0.3, 0.4) is 0 Å². The number of hydrogen-bond acceptors (Lipinski definition) is 2. The first kappa shape index (κ1) is 30.3. The Bertz CT molecular complexity index is 357. The third-order valence-corrected chi connectivity index (χ3v) is 6.34. The molecule has 0 rings (SSSR count). The van der Waals surface area contributed by atoms with Crippen molar-refractivity contribution >= 4 is 6.09 Å². The molecule has 1 amide bonds. The molecule has 0 saturated carbocycles. The third-order valence-electron chi connectivity index (χ3n) is 6.34. The summed E-state index contributed by atoms with van der Waals surface area (Å²) in [5.41, 5.74) is 0. The second-order valence-corrected chi connectivity index (χ2v) is 9.79. The topological polar surface area (TPSA) is 29.5 Å². The van der Waals surface area contributed by atoms with Gasteiger partial charge in [0.25, 0.3) is 0 Å². The molecule has 3 nitrogen and oxygen atoms in total. The predicted molar refractivity (Wildman–Crippen MR) is 137 cm³/mol. The van der Waals surface area contributed by atoms with Gasteiger partial charge >= 0.3 is 6.09 Å². The average Bonchev–Trinajstić information content (AvgIpc) is 2.76. The predicted octanol–water partition coefficient (Wildman–Crippen LogP) is 9.68. The van der Waals surface area contributed by atoms with Crippen molar-refractivity contribution in [2.45, 2.75) is 155 Å². The third kappa shape index (κ3) is 25.4. The summed E-state index contributed by atoms with van der Waals surface area (Å²) in [7, 11) is 3.45. The molecule has 0 spiro atoms. The van der Waals surface area contributed by atoms with E-state index in [1.165, 1.54) is 146 Å². The SMILES string of the molecule is CCCCCCCCCCCCCCCCCCCCCCCCCOC(=O)N(C)C. The zero-order chi connectivity index (χ0) is 22.8. The first-order chi connectivity index (χ1) is 15.2. The number of amides is 1. The molecule has 0 fully saturated rings. The summed E-state index contributed by atoms with van der Waals surface area (Å²) >= 11 is 0. The fourth-order valence-electron chi connectivity index (χ4n) is 4.18. The lowest BCUT2D eigenvalue weighted by atomic mass is 10.0. The van der Waals surface area contributed by atoms with E-state index in [-0.39, 0.29) is 6.09 Å². The minimum atomic E-state index is -0.223. The summed E-state index contributed by atoms with van der Waals surface area (Å²) in [6.07, 6.45) is 32.0. The fraction of sp³-hybridized carbons (Fsp3) is 0.964. The van der Waals surface area contributed by atoms with Gasteiger partial charge in [0.2, 0.25) is 0 Å². The molecule has 0 aliphatic rings. The van der Waals surface area contributed by atoms with E-state index in [9.17, 15) is 4.79 Å². The second kappa shape index (κ2) is 25.5. The highest BCUT2D eigenvalue weighted by Gasteiger charge is 2.03. The Hall–Kier alpha value is -0.730. The minimum absolute atomic E-state index is 0.223. The largest absolute Gasteiger partial charge is 0.449 e. The zero-order valence-corrected chi connectivity index (χ0v) is 21.7. The van der Waals surface area contributed by atoms with Crippen molar-refractivity contribution in [2.75, 3.05) is 20.7 Å². The maximum absolute atomic E-state index is 11.3. The van der Waals surface area contributed by atoms with Crippen LogP contribution in [0.5, 0.6) is 0 Å². The first-order valence-corrected chi connectivity index (χ1v) is 14.0. The molecule has 0 unspecified atom stereocenters. The molecule has 186 valence electrons. The van der Waals surface area contributed by atoms with Crippen molar-refractivity contribution in [3.8, 4) is 0 Å². The van der Waals surface area contributed by atoms with Crippen molar-refractivity contribution in [3.63, 3.8) is 0 Å². The van der Waals surface area contributed by atoms with Crippen LogP contribution >= 0.6 is 0 Å². The molecule has 0 aromatic rings. The van der Waals surface area contributed by atoms with E-state index >= 15 is 0 Å². The van der Waals surface area contributed by atoms with Crippen molar-refractivity contribution in [2.24, 2.45) is 0 Å². The van der Waals surface area contributed by atoms with Crippen molar-refractivity contribution in [1.29, 1.82) is 0 Å². The van der Waals surface area contributed by atoms with Crippen LogP contribution < -0.4 is 0 Å². The van der Waals surface area contributed by atoms with Crippen LogP contribution in [0.4, 0.5) is 4.79 Å². The van der Waals surface area contributed by atoms with Gasteiger partial charge < -0.3 is 9.64 Å². The van der Waals surface area contributed by atoms with Crippen LogP contribution in [0.1, 0.15) is 155 Å². The number of carbonyl (C=O) groups is 1. The molecular weight excluding hydrogens is 382 g/mol. The van der Waals surface area contributed by atoms with E-state index in [2.05, 4.69) is 6.92 Å². The molecule has 0 atom stereocenters. The van der Waals surface area contributed by atoms with E-state index in [1.54, 1.807) is 14.1 Å². The quantitative estimate of drug-likeness (QED) is 0.140. The Morgan fingerprint density at radius 3 is 1.00 bits per heavy atom. The highest BCUT2D eigenvalue weighted by molar-refractivity contribution is 5.66. The first-order valence-electron chi connectivity index (χ1n) is 14.0. The monoisotopic (exact) mass is 439 g/mol. The number of carbonyl (C=O) groups excluding carboxylic acids is 1. The van der Waals surface area contributed by atoms with E-state index in [0.717, 1.165) is 6.42 Å². The molecule has 0 N–H and O–H groups in total. The van der Waals surface area contributed by atoms with Crippen LogP contribution in [0.25, 0.3) is 0 Å². The van der Waals surface area contributed by atoms with Gasteiger partial charge in [0, 0.05) is 14.1 Å². The molecule has 3 heteroatoms. The van der Waals surface area contributed by atoms with Gasteiger partial charge in [-0.05, 0) is 6.42 Å². The molecule has 31 heavy (non-hydrogen) atoms. The Morgan fingerprint density at radius 1 is 0.484 bits per heavy atom. The van der Waals surface area contributed by atoms with E-state index in [1.807, 2.05) is 0 Å². The van der Waals surface area contributed by atoms with Gasteiger partial charge in [-0.25, -0.2) is 4.79 Å². The number of hydrogen-bond donors (Lipinski definition) is 0. The number of unbranched alkanes of at least 4 members (excludes halogenated alkanes) is 22. The van der Waals surface area contributed by atoms with Crippen LogP contribution in [0.15, 0.2) is 0 Å².